The molecule has 110 valence electrons. The fraction of sp³-hybridized carbons (Fsp3) is 0.533. The molecule has 1 aliphatic rings. The number of ether oxygens (including phenoxy) is 2. The smallest absolute Gasteiger partial charge is 0.410 e. The predicted molar refractivity (Wildman–Crippen MR) is 80.6 cm³/mol. The van der Waals surface area contributed by atoms with E-state index >= 15 is 0 Å². The Kier molecular flexibility index (Phi) is 4.70. The minimum absolute atomic E-state index is 0.119. The SMILES string of the molecule is CC(C)(C)OC(=O)N1CCOC(c2ccccc2Br)C1. The molecular formula is C15H20BrNO3. The van der Waals surface area contributed by atoms with Crippen LogP contribution in [0.3, 0.4) is 0 Å². The highest BCUT2D eigenvalue weighted by Gasteiger charge is 2.29. The second-order valence-corrected chi connectivity index (χ2v) is 6.66. The Balaban J connectivity index is 2.06. The molecule has 0 saturated carbocycles. The van der Waals surface area contributed by atoms with E-state index in [1.54, 1.807) is 4.90 Å². The second kappa shape index (κ2) is 6.14. The van der Waals surface area contributed by atoms with Crippen LogP contribution in [0.2, 0.25) is 0 Å². The molecule has 4 nitrogen and oxygen atoms in total. The van der Waals surface area contributed by atoms with Gasteiger partial charge in [-0.05, 0) is 32.4 Å². The van der Waals surface area contributed by atoms with Crippen molar-refractivity contribution in [3.05, 3.63) is 34.3 Å². The first-order valence-corrected chi connectivity index (χ1v) is 7.50. The zero-order valence-electron chi connectivity index (χ0n) is 12.1. The fourth-order valence-corrected chi connectivity index (χ4v) is 2.61. The number of nitrogens with zero attached hydrogens (tertiary/aromatic N) is 1. The Bertz CT molecular complexity index is 484. The molecule has 20 heavy (non-hydrogen) atoms. The van der Waals surface area contributed by atoms with E-state index in [1.807, 2.05) is 45.0 Å². The third-order valence-electron chi connectivity index (χ3n) is 2.97. The van der Waals surface area contributed by atoms with Gasteiger partial charge in [0.05, 0.1) is 13.2 Å². The van der Waals surface area contributed by atoms with Crippen molar-refractivity contribution in [2.24, 2.45) is 0 Å². The van der Waals surface area contributed by atoms with E-state index in [2.05, 4.69) is 15.9 Å². The third-order valence-corrected chi connectivity index (χ3v) is 3.69. The molecule has 0 spiro atoms. The van der Waals surface area contributed by atoms with Crippen molar-refractivity contribution >= 4 is 22.0 Å². The zero-order chi connectivity index (χ0) is 14.8. The van der Waals surface area contributed by atoms with Gasteiger partial charge < -0.3 is 14.4 Å². The quantitative estimate of drug-likeness (QED) is 0.780. The van der Waals surface area contributed by atoms with E-state index in [4.69, 9.17) is 9.47 Å². The predicted octanol–water partition coefficient (Wildman–Crippen LogP) is 3.76. The van der Waals surface area contributed by atoms with Crippen LogP contribution in [0.1, 0.15) is 32.4 Å². The van der Waals surface area contributed by atoms with Gasteiger partial charge in [-0.1, -0.05) is 34.1 Å². The van der Waals surface area contributed by atoms with E-state index < -0.39 is 5.60 Å². The number of amides is 1. The van der Waals surface area contributed by atoms with Gasteiger partial charge in [0, 0.05) is 11.0 Å². The molecule has 5 heteroatoms. The third kappa shape index (κ3) is 3.96. The molecule has 1 fully saturated rings. The van der Waals surface area contributed by atoms with Gasteiger partial charge >= 0.3 is 6.09 Å². The summed E-state index contributed by atoms with van der Waals surface area (Å²) in [6, 6.07) is 7.91. The summed E-state index contributed by atoms with van der Waals surface area (Å²) in [5.74, 6) is 0. The number of carbonyl (C=O) groups excluding carboxylic acids is 1. The van der Waals surface area contributed by atoms with Gasteiger partial charge in [-0.15, -0.1) is 0 Å². The first-order chi connectivity index (χ1) is 9.37. The molecule has 0 N–H and O–H groups in total. The fourth-order valence-electron chi connectivity index (χ4n) is 2.07. The van der Waals surface area contributed by atoms with Crippen LogP contribution in [-0.2, 0) is 9.47 Å². The van der Waals surface area contributed by atoms with Crippen LogP contribution in [0, 0.1) is 0 Å². The van der Waals surface area contributed by atoms with Crippen LogP contribution in [0.5, 0.6) is 0 Å². The lowest BCUT2D eigenvalue weighted by Gasteiger charge is -2.34. The van der Waals surface area contributed by atoms with Crippen molar-refractivity contribution in [2.75, 3.05) is 19.7 Å². The molecule has 0 bridgehead atoms. The number of carbonyl (C=O) groups is 1. The van der Waals surface area contributed by atoms with Crippen LogP contribution < -0.4 is 0 Å². The minimum Gasteiger partial charge on any atom is -0.444 e. The van der Waals surface area contributed by atoms with Crippen LogP contribution in [-0.4, -0.2) is 36.3 Å². The van der Waals surface area contributed by atoms with E-state index in [0.29, 0.717) is 19.7 Å². The molecule has 1 aliphatic heterocycles. The molecule has 1 unspecified atom stereocenters. The van der Waals surface area contributed by atoms with Gasteiger partial charge in [-0.2, -0.15) is 0 Å². The summed E-state index contributed by atoms with van der Waals surface area (Å²) in [5.41, 5.74) is 0.582. The highest BCUT2D eigenvalue weighted by atomic mass is 79.9. The summed E-state index contributed by atoms with van der Waals surface area (Å²) >= 11 is 3.52. The largest absolute Gasteiger partial charge is 0.444 e. The highest BCUT2D eigenvalue weighted by Crippen LogP contribution is 2.29. The first kappa shape index (κ1) is 15.3. The number of halogens is 1. The lowest BCUT2D eigenvalue weighted by Crippen LogP contribution is -2.44. The van der Waals surface area contributed by atoms with Gasteiger partial charge in [0.2, 0.25) is 0 Å². The van der Waals surface area contributed by atoms with E-state index in [9.17, 15) is 4.79 Å². The lowest BCUT2D eigenvalue weighted by atomic mass is 10.1. The van der Waals surface area contributed by atoms with Gasteiger partial charge in [-0.3, -0.25) is 0 Å². The number of morpholine rings is 1. The van der Waals surface area contributed by atoms with Crippen molar-refractivity contribution in [1.29, 1.82) is 0 Å². The van der Waals surface area contributed by atoms with Crippen molar-refractivity contribution in [2.45, 2.75) is 32.5 Å². The Morgan fingerprint density at radius 3 is 2.75 bits per heavy atom. The molecule has 1 aromatic carbocycles. The monoisotopic (exact) mass is 341 g/mol. The Hall–Kier alpha value is -1.07. The minimum atomic E-state index is -0.474. The second-order valence-electron chi connectivity index (χ2n) is 5.81. The molecule has 1 amide bonds. The summed E-state index contributed by atoms with van der Waals surface area (Å²) in [6.07, 6.45) is -0.398. The zero-order valence-corrected chi connectivity index (χ0v) is 13.6. The molecule has 1 saturated heterocycles. The van der Waals surface area contributed by atoms with Crippen molar-refractivity contribution in [3.8, 4) is 0 Å². The summed E-state index contributed by atoms with van der Waals surface area (Å²) < 4.78 is 12.2. The van der Waals surface area contributed by atoms with Gasteiger partial charge in [0.15, 0.2) is 0 Å². The van der Waals surface area contributed by atoms with Gasteiger partial charge in [-0.25, -0.2) is 4.79 Å². The Labute approximate surface area is 128 Å². The van der Waals surface area contributed by atoms with Crippen LogP contribution in [0.4, 0.5) is 4.79 Å². The van der Waals surface area contributed by atoms with Crippen molar-refractivity contribution < 1.29 is 14.3 Å². The standard InChI is InChI=1S/C15H20BrNO3/c1-15(2,3)20-14(18)17-8-9-19-13(10-17)11-6-4-5-7-12(11)16/h4-7,13H,8-10H2,1-3H3. The van der Waals surface area contributed by atoms with E-state index in [-0.39, 0.29) is 12.2 Å². The topological polar surface area (TPSA) is 38.8 Å². The number of rotatable bonds is 1. The van der Waals surface area contributed by atoms with Crippen LogP contribution in [0.25, 0.3) is 0 Å². The average Bonchev–Trinajstić information content (AvgIpc) is 2.37. The van der Waals surface area contributed by atoms with Crippen molar-refractivity contribution in [1.82, 2.24) is 4.90 Å². The number of hydrogen-bond acceptors (Lipinski definition) is 3. The molecule has 1 aromatic rings. The van der Waals surface area contributed by atoms with Crippen LogP contribution in [0.15, 0.2) is 28.7 Å². The molecule has 2 rings (SSSR count). The van der Waals surface area contributed by atoms with Gasteiger partial charge in [0.1, 0.15) is 11.7 Å². The summed E-state index contributed by atoms with van der Waals surface area (Å²) in [4.78, 5) is 13.8. The van der Waals surface area contributed by atoms with E-state index in [1.165, 1.54) is 0 Å². The van der Waals surface area contributed by atoms with E-state index in [0.717, 1.165) is 10.0 Å². The molecule has 1 heterocycles. The molecule has 1 atom stereocenters. The Morgan fingerprint density at radius 1 is 1.40 bits per heavy atom. The summed E-state index contributed by atoms with van der Waals surface area (Å²) in [5, 5.41) is 0. The maximum atomic E-state index is 12.1. The van der Waals surface area contributed by atoms with Crippen LogP contribution >= 0.6 is 15.9 Å². The normalized spacial score (nSPS) is 19.8. The van der Waals surface area contributed by atoms with Crippen molar-refractivity contribution in [3.63, 3.8) is 0 Å². The molecular weight excluding hydrogens is 322 g/mol. The maximum absolute atomic E-state index is 12.1. The maximum Gasteiger partial charge on any atom is 0.410 e. The first-order valence-electron chi connectivity index (χ1n) is 6.71. The molecule has 0 aliphatic carbocycles. The van der Waals surface area contributed by atoms with Gasteiger partial charge in [0.25, 0.3) is 0 Å². The molecule has 0 aromatic heterocycles. The number of benzene rings is 1. The lowest BCUT2D eigenvalue weighted by molar-refractivity contribution is -0.0435. The average molecular weight is 342 g/mol. The number of hydrogen-bond donors (Lipinski definition) is 0. The Morgan fingerprint density at radius 2 is 2.10 bits per heavy atom. The highest BCUT2D eigenvalue weighted by molar-refractivity contribution is 9.10. The molecule has 0 radical (unpaired) electrons. The summed E-state index contributed by atoms with van der Waals surface area (Å²) in [6.45, 7) is 7.21. The summed E-state index contributed by atoms with van der Waals surface area (Å²) in [7, 11) is 0.